The first-order valence-electron chi connectivity index (χ1n) is 5.40. The minimum absolute atomic E-state index is 0.706. The van der Waals surface area contributed by atoms with Crippen LogP contribution in [0.15, 0.2) is 0 Å². The monoisotopic (exact) mass is 253 g/mol. The van der Waals surface area contributed by atoms with Crippen LogP contribution in [0.2, 0.25) is 0 Å². The predicted octanol–water partition coefficient (Wildman–Crippen LogP) is 3.16. The summed E-state index contributed by atoms with van der Waals surface area (Å²) >= 11 is 2.07. The second-order valence-electron chi connectivity index (χ2n) is 3.21. The average molecular weight is 253 g/mol. The van der Waals surface area contributed by atoms with E-state index in [1.165, 1.54) is 23.7 Å². The topological polar surface area (TPSA) is 9.23 Å². The van der Waals surface area contributed by atoms with Gasteiger partial charge in [0.1, 0.15) is 5.75 Å². The molecule has 14 heavy (non-hydrogen) atoms. The zero-order valence-corrected chi connectivity index (χ0v) is 11.6. The molecular weight excluding hydrogens is 232 g/mol. The molecule has 2 atom stereocenters. The summed E-state index contributed by atoms with van der Waals surface area (Å²) in [6.45, 7) is 6.33. The van der Waals surface area contributed by atoms with E-state index in [0.29, 0.717) is 9.93 Å². The van der Waals surface area contributed by atoms with Crippen molar-refractivity contribution in [3.63, 3.8) is 0 Å². The maximum atomic E-state index is 5.49. The van der Waals surface area contributed by atoms with E-state index in [1.807, 2.05) is 0 Å². The first-order valence-corrected chi connectivity index (χ1v) is 9.41. The van der Waals surface area contributed by atoms with Gasteiger partial charge in [-0.2, -0.15) is 11.8 Å². The van der Waals surface area contributed by atoms with Crippen LogP contribution in [0.5, 0.6) is 0 Å². The van der Waals surface area contributed by atoms with Crippen LogP contribution in [0.1, 0.15) is 26.7 Å². The van der Waals surface area contributed by atoms with E-state index in [9.17, 15) is 0 Å². The fourth-order valence-electron chi connectivity index (χ4n) is 1.19. The third-order valence-corrected chi connectivity index (χ3v) is 7.89. The van der Waals surface area contributed by atoms with Gasteiger partial charge in [-0.25, -0.2) is 0 Å². The molecule has 4 heteroatoms. The van der Waals surface area contributed by atoms with Gasteiger partial charge in [0.25, 0.3) is 0 Å². The molecule has 1 aliphatic heterocycles. The molecule has 0 aromatic rings. The molecule has 0 amide bonds. The van der Waals surface area contributed by atoms with Crippen molar-refractivity contribution in [3.8, 4) is 0 Å². The van der Waals surface area contributed by atoms with Gasteiger partial charge in [0, 0.05) is 18.8 Å². The van der Waals surface area contributed by atoms with Crippen molar-refractivity contribution in [1.82, 2.24) is 0 Å². The summed E-state index contributed by atoms with van der Waals surface area (Å²) in [5.74, 6) is 4.06. The Hall–Kier alpha value is 1.01. The van der Waals surface area contributed by atoms with Gasteiger partial charge in [-0.15, -0.1) is 0 Å². The molecule has 1 nitrogen and oxygen atoms in total. The second-order valence-corrected chi connectivity index (χ2v) is 9.26. The highest BCUT2D eigenvalue weighted by atomic mass is 33.2. The van der Waals surface area contributed by atoms with E-state index in [4.69, 9.17) is 4.74 Å². The van der Waals surface area contributed by atoms with Crippen molar-refractivity contribution in [2.45, 2.75) is 31.3 Å². The standard InChI is InChI=1S/C10H21OS3/c1-3-6-11-7-5-10-13-14(10)9-8-12-4-2/h10H,3-9H2,1-2H3/q+1. The fraction of sp³-hybridized carbons (Fsp3) is 1.00. The van der Waals surface area contributed by atoms with E-state index < -0.39 is 0 Å². The van der Waals surface area contributed by atoms with Gasteiger partial charge in [0.15, 0.2) is 10.8 Å². The minimum atomic E-state index is 0.706. The second kappa shape index (κ2) is 8.20. The van der Waals surface area contributed by atoms with Crippen LogP contribution in [0.3, 0.4) is 0 Å². The molecule has 0 radical (unpaired) electrons. The Kier molecular flexibility index (Phi) is 7.66. The van der Waals surface area contributed by atoms with Gasteiger partial charge in [-0.3, -0.25) is 0 Å². The minimum Gasteiger partial charge on any atom is -0.381 e. The van der Waals surface area contributed by atoms with E-state index >= 15 is 0 Å². The van der Waals surface area contributed by atoms with E-state index in [-0.39, 0.29) is 0 Å². The van der Waals surface area contributed by atoms with Gasteiger partial charge in [0.2, 0.25) is 4.58 Å². The maximum absolute atomic E-state index is 5.49. The van der Waals surface area contributed by atoms with Crippen molar-refractivity contribution in [2.24, 2.45) is 0 Å². The van der Waals surface area contributed by atoms with E-state index in [2.05, 4.69) is 36.4 Å². The Bertz CT molecular complexity index is 143. The summed E-state index contributed by atoms with van der Waals surface area (Å²) in [6.07, 6.45) is 2.43. The Balaban J connectivity index is 1.82. The van der Waals surface area contributed by atoms with Crippen LogP contribution in [0.4, 0.5) is 0 Å². The quantitative estimate of drug-likeness (QED) is 0.270. The number of ether oxygens (including phenoxy) is 1. The lowest BCUT2D eigenvalue weighted by Crippen LogP contribution is -2.03. The third-order valence-electron chi connectivity index (χ3n) is 1.97. The Morgan fingerprint density at radius 1 is 1.36 bits per heavy atom. The summed E-state index contributed by atoms with van der Waals surface area (Å²) in [7, 11) is 2.89. The van der Waals surface area contributed by atoms with Crippen LogP contribution in [0, 0.1) is 0 Å². The van der Waals surface area contributed by atoms with Crippen molar-refractivity contribution >= 4 is 32.5 Å². The normalized spacial score (nSPS) is 25.3. The highest BCUT2D eigenvalue weighted by Crippen LogP contribution is 2.49. The molecule has 84 valence electrons. The fourth-order valence-corrected chi connectivity index (χ4v) is 6.70. The Morgan fingerprint density at radius 3 is 2.93 bits per heavy atom. The molecule has 0 bridgehead atoms. The SMILES string of the molecule is CCCOCCC1S[S+]1CCSCC. The Labute approximate surface area is 98.9 Å². The van der Waals surface area contributed by atoms with Gasteiger partial charge >= 0.3 is 0 Å². The molecule has 1 saturated heterocycles. The Morgan fingerprint density at radius 2 is 2.21 bits per heavy atom. The molecule has 0 N–H and O–H groups in total. The summed E-state index contributed by atoms with van der Waals surface area (Å²) in [5.41, 5.74) is 0. The number of hydrogen-bond acceptors (Lipinski definition) is 3. The number of thioether (sulfide) groups is 1. The van der Waals surface area contributed by atoms with Gasteiger partial charge < -0.3 is 4.74 Å². The summed E-state index contributed by atoms with van der Waals surface area (Å²) in [5, 5.41) is 0. The van der Waals surface area contributed by atoms with Gasteiger partial charge in [0.05, 0.1) is 16.5 Å². The highest BCUT2D eigenvalue weighted by Gasteiger charge is 2.52. The van der Waals surface area contributed by atoms with E-state index in [0.717, 1.165) is 24.2 Å². The molecule has 0 aromatic carbocycles. The first-order chi connectivity index (χ1) is 6.88. The van der Waals surface area contributed by atoms with Crippen molar-refractivity contribution < 1.29 is 4.74 Å². The highest BCUT2D eigenvalue weighted by molar-refractivity contribution is 8.90. The lowest BCUT2D eigenvalue weighted by Gasteiger charge is -1.97. The summed E-state index contributed by atoms with van der Waals surface area (Å²) in [6, 6.07) is 0. The maximum Gasteiger partial charge on any atom is 0.225 e. The molecule has 0 saturated carbocycles. The van der Waals surface area contributed by atoms with Crippen LogP contribution in [0.25, 0.3) is 0 Å². The van der Waals surface area contributed by atoms with Crippen molar-refractivity contribution in [2.75, 3.05) is 30.5 Å². The zero-order valence-electron chi connectivity index (χ0n) is 9.16. The summed E-state index contributed by atoms with van der Waals surface area (Å²) < 4.78 is 6.44. The van der Waals surface area contributed by atoms with Crippen LogP contribution < -0.4 is 0 Å². The van der Waals surface area contributed by atoms with Crippen LogP contribution in [-0.2, 0) is 14.7 Å². The molecule has 0 spiro atoms. The molecule has 1 aliphatic rings. The van der Waals surface area contributed by atoms with Crippen LogP contribution in [-0.4, -0.2) is 35.1 Å². The molecule has 0 aromatic heterocycles. The molecular formula is C10H21OS3+. The lowest BCUT2D eigenvalue weighted by molar-refractivity contribution is 0.135. The third kappa shape index (κ3) is 5.79. The van der Waals surface area contributed by atoms with E-state index in [1.54, 1.807) is 0 Å². The van der Waals surface area contributed by atoms with Crippen molar-refractivity contribution in [1.29, 1.82) is 0 Å². The first kappa shape index (κ1) is 13.1. The molecule has 2 unspecified atom stereocenters. The zero-order chi connectivity index (χ0) is 10.2. The van der Waals surface area contributed by atoms with Crippen LogP contribution >= 0.6 is 22.6 Å². The van der Waals surface area contributed by atoms with Gasteiger partial charge in [-0.05, 0) is 12.2 Å². The number of rotatable bonds is 9. The average Bonchev–Trinajstić information content (AvgIpc) is 2.92. The van der Waals surface area contributed by atoms with Crippen molar-refractivity contribution in [3.05, 3.63) is 0 Å². The van der Waals surface area contributed by atoms with Gasteiger partial charge in [-0.1, -0.05) is 13.8 Å². The molecule has 1 rings (SSSR count). The molecule has 1 fully saturated rings. The summed E-state index contributed by atoms with van der Waals surface area (Å²) in [4.78, 5) is 0. The largest absolute Gasteiger partial charge is 0.381 e. The number of hydrogen-bond donors (Lipinski definition) is 0. The smallest absolute Gasteiger partial charge is 0.225 e. The molecule has 1 heterocycles. The molecule has 0 aliphatic carbocycles. The predicted molar refractivity (Wildman–Crippen MR) is 72.3 cm³/mol. The lowest BCUT2D eigenvalue weighted by atomic mass is 10.5.